The van der Waals surface area contributed by atoms with Crippen molar-refractivity contribution in [3.05, 3.63) is 35.4 Å². The molecule has 5 aliphatic rings. The van der Waals surface area contributed by atoms with Crippen LogP contribution in [-0.4, -0.2) is 23.5 Å². The minimum Gasteiger partial charge on any atom is -0.448 e. The molecule has 6 rings (SSSR count). The zero-order valence-electron chi connectivity index (χ0n) is 13.8. The maximum Gasteiger partial charge on any atom is 0.339 e. The lowest BCUT2D eigenvalue weighted by Crippen LogP contribution is -2.61. The van der Waals surface area contributed by atoms with Crippen LogP contribution in [0, 0.1) is 17.8 Å². The van der Waals surface area contributed by atoms with Gasteiger partial charge in [-0.15, -0.1) is 0 Å². The van der Waals surface area contributed by atoms with Crippen molar-refractivity contribution in [1.82, 2.24) is 5.32 Å². The van der Waals surface area contributed by atoms with Gasteiger partial charge in [-0.2, -0.15) is 0 Å². The van der Waals surface area contributed by atoms with Gasteiger partial charge in [-0.25, -0.2) is 4.79 Å². The number of hydrogen-bond acceptors (Lipinski definition) is 3. The Labute approximate surface area is 142 Å². The van der Waals surface area contributed by atoms with Crippen molar-refractivity contribution in [3.63, 3.8) is 0 Å². The van der Waals surface area contributed by atoms with Gasteiger partial charge >= 0.3 is 5.97 Å². The van der Waals surface area contributed by atoms with E-state index < -0.39 is 6.10 Å². The molecule has 1 aliphatic heterocycles. The quantitative estimate of drug-likeness (QED) is 0.851. The predicted molar refractivity (Wildman–Crippen MR) is 88.4 cm³/mol. The Morgan fingerprint density at radius 2 is 1.67 bits per heavy atom. The van der Waals surface area contributed by atoms with E-state index in [1.165, 1.54) is 19.3 Å². The number of carbonyl (C=O) groups excluding carboxylic acids is 2. The minimum absolute atomic E-state index is 0.0325. The fourth-order valence-electron chi connectivity index (χ4n) is 6.08. The molecule has 0 unspecified atom stereocenters. The molecule has 1 N–H and O–H groups in total. The molecule has 0 spiro atoms. The van der Waals surface area contributed by atoms with E-state index in [1.807, 2.05) is 18.2 Å². The van der Waals surface area contributed by atoms with Gasteiger partial charge in [0, 0.05) is 12.0 Å². The van der Waals surface area contributed by atoms with Gasteiger partial charge in [0.05, 0.1) is 5.56 Å². The number of rotatable bonds is 2. The lowest BCUT2D eigenvalue weighted by atomic mass is 9.53. The molecule has 0 radical (unpaired) electrons. The number of esters is 1. The van der Waals surface area contributed by atoms with Crippen molar-refractivity contribution >= 4 is 11.9 Å². The first-order valence-electron chi connectivity index (χ1n) is 9.21. The van der Waals surface area contributed by atoms with Crippen LogP contribution in [0.4, 0.5) is 0 Å². The van der Waals surface area contributed by atoms with E-state index in [9.17, 15) is 9.59 Å². The molecule has 1 amide bonds. The average molecular weight is 325 g/mol. The third-order valence-electron chi connectivity index (χ3n) is 6.61. The summed E-state index contributed by atoms with van der Waals surface area (Å²) in [5.74, 6) is 1.88. The van der Waals surface area contributed by atoms with E-state index in [1.54, 1.807) is 6.07 Å². The number of hydrogen-bond donors (Lipinski definition) is 1. The van der Waals surface area contributed by atoms with Gasteiger partial charge in [0.25, 0.3) is 5.91 Å². The molecule has 0 aromatic heterocycles. The summed E-state index contributed by atoms with van der Waals surface area (Å²) >= 11 is 0. The van der Waals surface area contributed by atoms with Gasteiger partial charge < -0.3 is 10.1 Å². The molecule has 1 atom stereocenters. The topological polar surface area (TPSA) is 55.4 Å². The van der Waals surface area contributed by atoms with Crippen LogP contribution in [0.2, 0.25) is 0 Å². The van der Waals surface area contributed by atoms with Crippen LogP contribution in [0.3, 0.4) is 0 Å². The van der Waals surface area contributed by atoms with Crippen LogP contribution in [0.25, 0.3) is 0 Å². The summed E-state index contributed by atoms with van der Waals surface area (Å²) in [5, 5.41) is 3.33. The molecular weight excluding hydrogens is 302 g/mol. The van der Waals surface area contributed by atoms with Crippen molar-refractivity contribution in [2.24, 2.45) is 17.8 Å². The van der Waals surface area contributed by atoms with Gasteiger partial charge in [-0.1, -0.05) is 18.2 Å². The molecule has 1 aromatic carbocycles. The molecule has 1 heterocycles. The number of cyclic esters (lactones) is 1. The van der Waals surface area contributed by atoms with Gasteiger partial charge in [0.15, 0.2) is 6.10 Å². The Hall–Kier alpha value is -1.84. The largest absolute Gasteiger partial charge is 0.448 e. The van der Waals surface area contributed by atoms with Gasteiger partial charge in [0.1, 0.15) is 0 Å². The maximum absolute atomic E-state index is 12.8. The summed E-state index contributed by atoms with van der Waals surface area (Å²) in [4.78, 5) is 25.0. The highest BCUT2D eigenvalue weighted by atomic mass is 16.5. The average Bonchev–Trinajstić information content (AvgIpc) is 2.53. The number of ether oxygens (including phenoxy) is 1. The number of benzene rings is 1. The monoisotopic (exact) mass is 325 g/mol. The molecule has 24 heavy (non-hydrogen) atoms. The van der Waals surface area contributed by atoms with Gasteiger partial charge in [0.2, 0.25) is 0 Å². The highest BCUT2D eigenvalue weighted by Crippen LogP contribution is 2.55. The van der Waals surface area contributed by atoms with E-state index >= 15 is 0 Å². The van der Waals surface area contributed by atoms with E-state index in [2.05, 4.69) is 5.32 Å². The normalized spacial score (nSPS) is 39.2. The Balaban J connectivity index is 1.34. The second-order valence-corrected chi connectivity index (χ2v) is 8.44. The first kappa shape index (κ1) is 14.5. The van der Waals surface area contributed by atoms with E-state index in [-0.39, 0.29) is 17.4 Å². The standard InChI is InChI=1S/C20H23NO3/c22-18(17-8-15-3-1-2-4-16(15)19(23)24-17)21-20-9-12-5-13(10-20)7-14(6-12)11-20/h1-4,12-14,17H,5-11H2,(H,21,22)/t12?,13?,14?,17-,20?/m1/s1. The molecule has 4 saturated carbocycles. The third kappa shape index (κ3) is 2.27. The van der Waals surface area contributed by atoms with Gasteiger partial charge in [-0.3, -0.25) is 4.79 Å². The van der Waals surface area contributed by atoms with Crippen LogP contribution in [0.1, 0.15) is 54.4 Å². The Kier molecular flexibility index (Phi) is 3.07. The molecule has 1 aromatic rings. The summed E-state index contributed by atoms with van der Waals surface area (Å²) in [5.41, 5.74) is 1.48. The summed E-state index contributed by atoms with van der Waals surface area (Å²) in [6, 6.07) is 7.42. The predicted octanol–water partition coefficient (Wildman–Crippen LogP) is 2.85. The van der Waals surface area contributed by atoms with Crippen LogP contribution in [-0.2, 0) is 16.0 Å². The second kappa shape index (κ2) is 5.08. The maximum atomic E-state index is 12.8. The first-order valence-corrected chi connectivity index (χ1v) is 9.21. The number of nitrogens with one attached hydrogen (secondary N) is 1. The van der Waals surface area contributed by atoms with Crippen molar-refractivity contribution in [1.29, 1.82) is 0 Å². The fraction of sp³-hybridized carbons (Fsp3) is 0.600. The zero-order valence-corrected chi connectivity index (χ0v) is 13.8. The van der Waals surface area contributed by atoms with Crippen molar-refractivity contribution in [3.8, 4) is 0 Å². The molecule has 4 aliphatic carbocycles. The number of fused-ring (bicyclic) bond motifs is 1. The lowest BCUT2D eigenvalue weighted by molar-refractivity contribution is -0.136. The number of carbonyl (C=O) groups is 2. The zero-order chi connectivity index (χ0) is 16.3. The summed E-state index contributed by atoms with van der Waals surface area (Å²) in [7, 11) is 0. The van der Waals surface area contributed by atoms with Crippen LogP contribution in [0.15, 0.2) is 24.3 Å². The third-order valence-corrected chi connectivity index (χ3v) is 6.61. The molecule has 4 fully saturated rings. The first-order chi connectivity index (χ1) is 11.6. The van der Waals surface area contributed by atoms with Crippen LogP contribution in [0.5, 0.6) is 0 Å². The Morgan fingerprint density at radius 1 is 1.04 bits per heavy atom. The fourth-order valence-corrected chi connectivity index (χ4v) is 6.08. The van der Waals surface area contributed by atoms with Crippen molar-refractivity contribution in [2.45, 2.75) is 56.6 Å². The second-order valence-electron chi connectivity index (χ2n) is 8.44. The van der Waals surface area contributed by atoms with Crippen molar-refractivity contribution in [2.75, 3.05) is 0 Å². The molecule has 4 bridgehead atoms. The molecule has 4 heteroatoms. The Morgan fingerprint density at radius 3 is 2.33 bits per heavy atom. The van der Waals surface area contributed by atoms with E-state index in [0.29, 0.717) is 12.0 Å². The molecule has 126 valence electrons. The van der Waals surface area contributed by atoms with E-state index in [0.717, 1.165) is 42.6 Å². The van der Waals surface area contributed by atoms with Gasteiger partial charge in [-0.05, 0) is 67.9 Å². The molecular formula is C20H23NO3. The SMILES string of the molecule is O=C1O[C@@H](C(=O)NC23CC4CC(CC(C4)C2)C3)Cc2ccccc21. The Bertz CT molecular complexity index is 675. The van der Waals surface area contributed by atoms with E-state index in [4.69, 9.17) is 4.74 Å². The lowest BCUT2D eigenvalue weighted by Gasteiger charge is -2.57. The van der Waals surface area contributed by atoms with Crippen molar-refractivity contribution < 1.29 is 14.3 Å². The highest BCUT2D eigenvalue weighted by molar-refractivity contribution is 5.95. The summed E-state index contributed by atoms with van der Waals surface area (Å²) in [6.45, 7) is 0. The number of amides is 1. The van der Waals surface area contributed by atoms with Crippen LogP contribution >= 0.6 is 0 Å². The van der Waals surface area contributed by atoms with Crippen LogP contribution < -0.4 is 5.32 Å². The molecule has 0 saturated heterocycles. The summed E-state index contributed by atoms with van der Waals surface area (Å²) < 4.78 is 5.44. The smallest absolute Gasteiger partial charge is 0.339 e. The molecule has 4 nitrogen and oxygen atoms in total. The minimum atomic E-state index is -0.680. The summed E-state index contributed by atoms with van der Waals surface area (Å²) in [6.07, 6.45) is 7.19. The highest BCUT2D eigenvalue weighted by Gasteiger charge is 2.52.